The molecule has 3 nitrogen and oxygen atoms in total. The summed E-state index contributed by atoms with van der Waals surface area (Å²) in [7, 11) is 0. The van der Waals surface area contributed by atoms with Crippen molar-refractivity contribution in [1.29, 1.82) is 0 Å². The van der Waals surface area contributed by atoms with Crippen molar-refractivity contribution in [3.63, 3.8) is 0 Å². The van der Waals surface area contributed by atoms with E-state index < -0.39 is 0 Å². The normalized spacial score (nSPS) is 38.3. The molecule has 4 saturated carbocycles. The number of nitrogens with one attached hydrogen (secondary N) is 1. The zero-order valence-corrected chi connectivity index (χ0v) is 31.7. The molecule has 4 heteroatoms. The van der Waals surface area contributed by atoms with Gasteiger partial charge < -0.3 is 10.2 Å². The van der Waals surface area contributed by atoms with E-state index in [0.717, 1.165) is 55.4 Å². The van der Waals surface area contributed by atoms with E-state index in [1.807, 2.05) is 0 Å². The first kappa shape index (κ1) is 35.5. The van der Waals surface area contributed by atoms with Crippen molar-refractivity contribution in [2.24, 2.45) is 46.3 Å². The molecule has 5 fully saturated rings. The van der Waals surface area contributed by atoms with Gasteiger partial charge in [0.25, 0.3) is 0 Å². The average molecular weight is 731 g/mol. The molecule has 1 saturated heterocycles. The van der Waals surface area contributed by atoms with Gasteiger partial charge in [-0.15, -0.1) is 24.0 Å². The lowest BCUT2D eigenvalue weighted by atomic mass is 9.44. The van der Waals surface area contributed by atoms with Crippen LogP contribution in [-0.2, 0) is 4.79 Å². The first-order valence-electron chi connectivity index (χ1n) is 19.4. The van der Waals surface area contributed by atoms with E-state index in [1.165, 1.54) is 102 Å². The fourth-order valence-electron chi connectivity index (χ4n) is 12.4. The van der Waals surface area contributed by atoms with Crippen molar-refractivity contribution >= 4 is 35.6 Å². The summed E-state index contributed by atoms with van der Waals surface area (Å²) in [5.41, 5.74) is 2.49. The molecule has 1 N–H and O–H groups in total. The molecular weight excluding hydrogens is 663 g/mol. The fourth-order valence-corrected chi connectivity index (χ4v) is 12.4. The van der Waals surface area contributed by atoms with Crippen LogP contribution >= 0.6 is 24.0 Å². The number of piperidine rings is 1. The van der Waals surface area contributed by atoms with Crippen molar-refractivity contribution in [2.45, 2.75) is 162 Å². The number of nitrogens with zero attached hydrogens (tertiary/aromatic N) is 1. The molecule has 1 heterocycles. The highest BCUT2D eigenvalue weighted by atomic mass is 127. The van der Waals surface area contributed by atoms with Gasteiger partial charge in [-0.2, -0.15) is 0 Å². The largest absolute Gasteiger partial charge is 0.368 e. The van der Waals surface area contributed by atoms with Gasteiger partial charge in [-0.3, -0.25) is 4.79 Å². The average Bonchev–Trinajstić information content (AvgIpc) is 3.39. The van der Waals surface area contributed by atoms with Crippen LogP contribution in [0.2, 0.25) is 0 Å². The lowest BCUT2D eigenvalue weighted by Crippen LogP contribution is -2.53. The Morgan fingerprint density at radius 2 is 1.71 bits per heavy atom. The van der Waals surface area contributed by atoms with Crippen LogP contribution in [0.4, 0.5) is 5.69 Å². The molecule has 254 valence electrons. The zero-order valence-electron chi connectivity index (χ0n) is 29.4. The van der Waals surface area contributed by atoms with E-state index in [1.54, 1.807) is 0 Å². The number of amides is 1. The predicted octanol–water partition coefficient (Wildman–Crippen LogP) is 11.2. The first-order valence-corrected chi connectivity index (χ1v) is 19.4. The molecule has 1 aliphatic heterocycles. The Kier molecular flexibility index (Phi) is 12.3. The van der Waals surface area contributed by atoms with Gasteiger partial charge in [0.15, 0.2) is 0 Å². The summed E-state index contributed by atoms with van der Waals surface area (Å²) >= 11 is 0. The molecular formula is C41H67IN2O. The second-order valence-electron chi connectivity index (χ2n) is 17.0. The molecule has 45 heavy (non-hydrogen) atoms. The van der Waals surface area contributed by atoms with Crippen molar-refractivity contribution < 1.29 is 4.79 Å². The fraction of sp³-hybridized carbons (Fsp3) is 0.829. The van der Waals surface area contributed by atoms with Crippen LogP contribution in [0, 0.1) is 46.3 Å². The third-order valence-electron chi connectivity index (χ3n) is 14.7. The third kappa shape index (κ3) is 7.46. The number of unbranched alkanes of at least 4 members (excludes halogenated alkanes) is 3. The number of halogens is 1. The number of hydrogen-bond acceptors (Lipinski definition) is 2. The van der Waals surface area contributed by atoms with E-state index in [9.17, 15) is 4.79 Å². The second kappa shape index (κ2) is 15.6. The van der Waals surface area contributed by atoms with Crippen molar-refractivity contribution in [2.75, 3.05) is 11.4 Å². The Labute approximate surface area is 294 Å². The minimum atomic E-state index is 0. The van der Waals surface area contributed by atoms with Gasteiger partial charge >= 0.3 is 0 Å². The van der Waals surface area contributed by atoms with Crippen LogP contribution in [-0.4, -0.2) is 24.5 Å². The van der Waals surface area contributed by atoms with E-state index in [2.05, 4.69) is 68.2 Å². The molecule has 5 aliphatic rings. The van der Waals surface area contributed by atoms with Gasteiger partial charge in [-0.25, -0.2) is 0 Å². The monoisotopic (exact) mass is 730 g/mol. The van der Waals surface area contributed by atoms with Gasteiger partial charge in [0.05, 0.1) is 0 Å². The molecule has 0 bridgehead atoms. The van der Waals surface area contributed by atoms with E-state index in [-0.39, 0.29) is 24.0 Å². The molecule has 3 unspecified atom stereocenters. The second-order valence-corrected chi connectivity index (χ2v) is 17.0. The first-order chi connectivity index (χ1) is 21.3. The maximum atomic E-state index is 13.4. The molecule has 10 atom stereocenters. The topological polar surface area (TPSA) is 32.3 Å². The number of carbonyl (C=O) groups is 1. The molecule has 1 aromatic carbocycles. The number of rotatable bonds is 11. The number of anilines is 1. The summed E-state index contributed by atoms with van der Waals surface area (Å²) in [5.74, 6) is 5.68. The Morgan fingerprint density at radius 1 is 0.911 bits per heavy atom. The smallest absolute Gasteiger partial charge is 0.220 e. The summed E-state index contributed by atoms with van der Waals surface area (Å²) in [6.45, 7) is 11.2. The minimum absolute atomic E-state index is 0. The Balaban J connectivity index is 0.00000400. The summed E-state index contributed by atoms with van der Waals surface area (Å²) < 4.78 is 0. The van der Waals surface area contributed by atoms with Crippen LogP contribution in [0.1, 0.15) is 150 Å². The van der Waals surface area contributed by atoms with Gasteiger partial charge in [0.2, 0.25) is 5.91 Å². The SMILES string of the molecule is CCCCCCC1CC(NC(=O)CC[C@@H](C)[C@H]2CC[C@H]3[C@@H]4CCC5CCCC[C@]5(C)[C@H]4CC[C@]23C)CCN1c1ccccc1.I. The van der Waals surface area contributed by atoms with E-state index in [4.69, 9.17) is 0 Å². The van der Waals surface area contributed by atoms with Gasteiger partial charge in [-0.05, 0) is 136 Å². The molecule has 4 aliphatic carbocycles. The molecule has 1 aromatic rings. The van der Waals surface area contributed by atoms with Gasteiger partial charge in [0.1, 0.15) is 0 Å². The van der Waals surface area contributed by atoms with Gasteiger partial charge in [0, 0.05) is 30.7 Å². The van der Waals surface area contributed by atoms with Crippen LogP contribution < -0.4 is 10.2 Å². The Bertz CT molecular complexity index is 1080. The summed E-state index contributed by atoms with van der Waals surface area (Å²) in [5, 5.41) is 3.54. The zero-order chi connectivity index (χ0) is 30.7. The van der Waals surface area contributed by atoms with Crippen molar-refractivity contribution in [3.8, 4) is 0 Å². The van der Waals surface area contributed by atoms with Gasteiger partial charge in [-0.1, -0.05) is 84.4 Å². The minimum Gasteiger partial charge on any atom is -0.368 e. The number of fused-ring (bicyclic) bond motifs is 5. The number of benzene rings is 1. The predicted molar refractivity (Wildman–Crippen MR) is 201 cm³/mol. The Morgan fingerprint density at radius 3 is 2.51 bits per heavy atom. The highest BCUT2D eigenvalue weighted by Crippen LogP contribution is 2.68. The number of para-hydroxylation sites is 1. The highest BCUT2D eigenvalue weighted by Gasteiger charge is 2.60. The lowest BCUT2D eigenvalue weighted by molar-refractivity contribution is -0.123. The molecule has 0 spiro atoms. The third-order valence-corrected chi connectivity index (χ3v) is 14.7. The Hall–Kier alpha value is -0.780. The van der Waals surface area contributed by atoms with E-state index in [0.29, 0.717) is 41.2 Å². The van der Waals surface area contributed by atoms with Crippen molar-refractivity contribution in [3.05, 3.63) is 30.3 Å². The van der Waals surface area contributed by atoms with E-state index >= 15 is 0 Å². The van der Waals surface area contributed by atoms with Crippen LogP contribution in [0.25, 0.3) is 0 Å². The molecule has 1 amide bonds. The molecule has 0 radical (unpaired) electrons. The van der Waals surface area contributed by atoms with Crippen molar-refractivity contribution in [1.82, 2.24) is 5.32 Å². The summed E-state index contributed by atoms with van der Waals surface area (Å²) in [4.78, 5) is 16.0. The van der Waals surface area contributed by atoms with Crippen LogP contribution in [0.3, 0.4) is 0 Å². The molecule has 0 aromatic heterocycles. The maximum Gasteiger partial charge on any atom is 0.220 e. The summed E-state index contributed by atoms with van der Waals surface area (Å²) in [6, 6.07) is 11.8. The summed E-state index contributed by atoms with van der Waals surface area (Å²) in [6.07, 6.45) is 25.2. The molecule has 6 rings (SSSR count). The lowest BCUT2D eigenvalue weighted by Gasteiger charge is -2.61. The standard InChI is InChI=1S/C41H66N2O.HI/c1-5-6-7-9-17-34-29-32(25-28-43(34)33-15-10-8-11-16-33)42-39(44)23-18-30(2)36-21-22-37-35-20-19-31-14-12-13-26-40(31,3)38(35)24-27-41(36,37)4;/h8,10-11,15-16,30-32,34-38H,5-7,9,12-14,17-29H2,1-4H3,(H,42,44);1H/t30-,31?,32?,34?,35+,36-,37+,38+,40+,41-;/m1./s1. The number of hydrogen-bond donors (Lipinski definition) is 1. The quantitative estimate of drug-likeness (QED) is 0.182. The highest BCUT2D eigenvalue weighted by molar-refractivity contribution is 14.0. The number of carbonyl (C=O) groups excluding carboxylic acids is 1. The van der Waals surface area contributed by atoms with Crippen LogP contribution in [0.5, 0.6) is 0 Å². The van der Waals surface area contributed by atoms with Crippen LogP contribution in [0.15, 0.2) is 30.3 Å². The maximum absolute atomic E-state index is 13.4.